The molecule has 0 saturated heterocycles. The maximum absolute atomic E-state index is 6.01. The van der Waals surface area contributed by atoms with E-state index in [1.54, 1.807) is 0 Å². The lowest BCUT2D eigenvalue weighted by Gasteiger charge is -2.32. The van der Waals surface area contributed by atoms with Crippen molar-refractivity contribution in [2.24, 2.45) is 0 Å². The minimum Gasteiger partial charge on any atom is -0.363 e. The van der Waals surface area contributed by atoms with Gasteiger partial charge in [0.25, 0.3) is 0 Å². The van der Waals surface area contributed by atoms with Gasteiger partial charge in [-0.25, -0.2) is 0 Å². The van der Waals surface area contributed by atoms with Crippen LogP contribution < -0.4 is 5.32 Å². The number of halogens is 1. The second-order valence-electron chi connectivity index (χ2n) is 5.12. The summed E-state index contributed by atoms with van der Waals surface area (Å²) in [5.74, 6) is 0.411. The van der Waals surface area contributed by atoms with Crippen molar-refractivity contribution in [3.63, 3.8) is 0 Å². The molecule has 0 spiro atoms. The van der Waals surface area contributed by atoms with Gasteiger partial charge in [0.15, 0.2) is 0 Å². The Morgan fingerprint density at radius 3 is 1.84 bits per heavy atom. The van der Waals surface area contributed by atoms with E-state index in [-0.39, 0.29) is 0 Å². The number of allylic oxidation sites excluding steroid dienone is 4. The Balaban J connectivity index is 2.53. The van der Waals surface area contributed by atoms with Crippen LogP contribution >= 0.6 is 11.6 Å². The van der Waals surface area contributed by atoms with Gasteiger partial charge in [0.2, 0.25) is 0 Å². The molecule has 2 heteroatoms. The first kappa shape index (κ1) is 14.2. The Labute approximate surface area is 121 Å². The average molecular weight is 276 g/mol. The molecule has 1 heterocycles. The van der Waals surface area contributed by atoms with Crippen molar-refractivity contribution in [3.05, 3.63) is 57.4 Å². The summed E-state index contributed by atoms with van der Waals surface area (Å²) in [6, 6.07) is 8.29. The molecule has 0 radical (unpaired) electrons. The first-order chi connectivity index (χ1) is 9.08. The van der Waals surface area contributed by atoms with Gasteiger partial charge in [-0.1, -0.05) is 37.6 Å². The largest absolute Gasteiger partial charge is 0.363 e. The normalized spacial score (nSPS) is 16.9. The molecular formula is C17H22ClN. The van der Waals surface area contributed by atoms with Crippen molar-refractivity contribution in [2.45, 2.75) is 46.5 Å². The van der Waals surface area contributed by atoms with Crippen molar-refractivity contribution >= 4 is 11.6 Å². The molecule has 1 aromatic rings. The van der Waals surface area contributed by atoms with E-state index in [4.69, 9.17) is 11.6 Å². The third kappa shape index (κ3) is 2.71. The van der Waals surface area contributed by atoms with Crippen LogP contribution in [0.5, 0.6) is 0 Å². The molecule has 102 valence electrons. The van der Waals surface area contributed by atoms with E-state index in [1.165, 1.54) is 28.1 Å². The van der Waals surface area contributed by atoms with Gasteiger partial charge >= 0.3 is 0 Å². The quantitative estimate of drug-likeness (QED) is 0.779. The van der Waals surface area contributed by atoms with Gasteiger partial charge < -0.3 is 5.32 Å². The fourth-order valence-electron chi connectivity index (χ4n) is 3.08. The summed E-state index contributed by atoms with van der Waals surface area (Å²) >= 11 is 6.01. The van der Waals surface area contributed by atoms with Gasteiger partial charge in [-0.3, -0.25) is 0 Å². The lowest BCUT2D eigenvalue weighted by Crippen LogP contribution is -2.24. The number of hydrogen-bond donors (Lipinski definition) is 1. The van der Waals surface area contributed by atoms with Crippen molar-refractivity contribution in [3.8, 4) is 0 Å². The number of rotatable bonds is 3. The van der Waals surface area contributed by atoms with Crippen LogP contribution in [0.15, 0.2) is 46.8 Å². The Morgan fingerprint density at radius 2 is 1.42 bits per heavy atom. The first-order valence-corrected chi connectivity index (χ1v) is 7.38. The standard InChI is InChI=1S/C17H22ClN/c1-5-15-11(3)19-12(4)16(6-2)17(15)13-7-9-14(18)10-8-13/h7-10,17,19H,5-6H2,1-4H3. The number of nitrogens with one attached hydrogen (secondary N) is 1. The summed E-state index contributed by atoms with van der Waals surface area (Å²) in [6.45, 7) is 8.82. The fraction of sp³-hybridized carbons (Fsp3) is 0.412. The topological polar surface area (TPSA) is 12.0 Å². The molecule has 0 amide bonds. The highest BCUT2D eigenvalue weighted by atomic mass is 35.5. The van der Waals surface area contributed by atoms with Crippen LogP contribution in [0, 0.1) is 0 Å². The lowest BCUT2D eigenvalue weighted by atomic mass is 9.78. The smallest absolute Gasteiger partial charge is 0.0406 e. The number of benzene rings is 1. The third-order valence-electron chi connectivity index (χ3n) is 4.00. The van der Waals surface area contributed by atoms with Gasteiger partial charge in [-0.2, -0.15) is 0 Å². The molecule has 0 bridgehead atoms. The SMILES string of the molecule is CCC1=C(C)NC(C)=C(CC)C1c1ccc(Cl)cc1. The summed E-state index contributed by atoms with van der Waals surface area (Å²) in [4.78, 5) is 0. The van der Waals surface area contributed by atoms with E-state index in [1.807, 2.05) is 12.1 Å². The van der Waals surface area contributed by atoms with Crippen LogP contribution in [0.2, 0.25) is 5.02 Å². The molecule has 1 aromatic carbocycles. The van der Waals surface area contributed by atoms with Crippen molar-refractivity contribution in [1.29, 1.82) is 0 Å². The van der Waals surface area contributed by atoms with Crippen LogP contribution in [-0.2, 0) is 0 Å². The molecule has 0 atom stereocenters. The molecule has 1 aliphatic heterocycles. The number of hydrogen-bond acceptors (Lipinski definition) is 1. The fourth-order valence-corrected chi connectivity index (χ4v) is 3.21. The zero-order valence-electron chi connectivity index (χ0n) is 12.2. The minimum atomic E-state index is 0.411. The Bertz CT molecular complexity index is 497. The molecule has 0 unspecified atom stereocenters. The lowest BCUT2D eigenvalue weighted by molar-refractivity contribution is 0.715. The van der Waals surface area contributed by atoms with Gasteiger partial charge in [-0.15, -0.1) is 0 Å². The summed E-state index contributed by atoms with van der Waals surface area (Å²) in [6.07, 6.45) is 2.14. The van der Waals surface area contributed by atoms with Gasteiger partial charge in [0.05, 0.1) is 0 Å². The second kappa shape index (κ2) is 5.83. The first-order valence-electron chi connectivity index (χ1n) is 7.00. The number of dihydropyridines is 1. The summed E-state index contributed by atoms with van der Waals surface area (Å²) in [5.41, 5.74) is 6.93. The molecule has 0 aromatic heterocycles. The zero-order chi connectivity index (χ0) is 14.0. The molecule has 0 aliphatic carbocycles. The molecule has 1 nitrogen and oxygen atoms in total. The maximum atomic E-state index is 6.01. The van der Waals surface area contributed by atoms with E-state index >= 15 is 0 Å². The van der Waals surface area contributed by atoms with E-state index < -0.39 is 0 Å². The van der Waals surface area contributed by atoms with Crippen LogP contribution in [0.4, 0.5) is 0 Å². The second-order valence-corrected chi connectivity index (χ2v) is 5.55. The van der Waals surface area contributed by atoms with Crippen molar-refractivity contribution in [2.75, 3.05) is 0 Å². The summed E-state index contributed by atoms with van der Waals surface area (Å²) in [5, 5.41) is 4.33. The highest BCUT2D eigenvalue weighted by Gasteiger charge is 2.26. The van der Waals surface area contributed by atoms with Crippen LogP contribution in [0.3, 0.4) is 0 Å². The van der Waals surface area contributed by atoms with Crippen LogP contribution in [0.1, 0.15) is 52.0 Å². The molecule has 1 aliphatic rings. The van der Waals surface area contributed by atoms with Gasteiger partial charge in [0.1, 0.15) is 0 Å². The molecule has 0 saturated carbocycles. The summed E-state index contributed by atoms with van der Waals surface area (Å²) < 4.78 is 0. The Hall–Kier alpha value is -1.21. The Morgan fingerprint density at radius 1 is 0.947 bits per heavy atom. The van der Waals surface area contributed by atoms with E-state index in [0.29, 0.717) is 5.92 Å². The molecule has 19 heavy (non-hydrogen) atoms. The molecule has 1 N–H and O–H groups in total. The zero-order valence-corrected chi connectivity index (χ0v) is 12.9. The molecular weight excluding hydrogens is 254 g/mol. The molecule has 2 rings (SSSR count). The maximum Gasteiger partial charge on any atom is 0.0406 e. The van der Waals surface area contributed by atoms with Crippen LogP contribution in [-0.4, -0.2) is 0 Å². The average Bonchev–Trinajstić information content (AvgIpc) is 2.39. The van der Waals surface area contributed by atoms with E-state index in [2.05, 4.69) is 45.1 Å². The van der Waals surface area contributed by atoms with E-state index in [0.717, 1.165) is 17.9 Å². The predicted molar refractivity (Wildman–Crippen MR) is 83.3 cm³/mol. The van der Waals surface area contributed by atoms with Gasteiger partial charge in [-0.05, 0) is 55.5 Å². The highest BCUT2D eigenvalue weighted by Crippen LogP contribution is 2.40. The monoisotopic (exact) mass is 275 g/mol. The third-order valence-corrected chi connectivity index (χ3v) is 4.25. The van der Waals surface area contributed by atoms with Crippen LogP contribution in [0.25, 0.3) is 0 Å². The Kier molecular flexibility index (Phi) is 4.36. The van der Waals surface area contributed by atoms with Crippen molar-refractivity contribution < 1.29 is 0 Å². The summed E-state index contributed by atoms with van der Waals surface area (Å²) in [7, 11) is 0. The highest BCUT2D eigenvalue weighted by molar-refractivity contribution is 6.30. The van der Waals surface area contributed by atoms with Gasteiger partial charge in [0, 0.05) is 22.3 Å². The van der Waals surface area contributed by atoms with Crippen molar-refractivity contribution in [1.82, 2.24) is 5.32 Å². The van der Waals surface area contributed by atoms with E-state index in [9.17, 15) is 0 Å². The minimum absolute atomic E-state index is 0.411. The predicted octanol–water partition coefficient (Wildman–Crippen LogP) is 5.39. The molecule has 0 fully saturated rings.